The van der Waals surface area contributed by atoms with Crippen molar-refractivity contribution in [3.05, 3.63) is 0 Å². The van der Waals surface area contributed by atoms with Crippen LogP contribution in [-0.2, 0) is 9.53 Å². The van der Waals surface area contributed by atoms with Gasteiger partial charge in [-0.3, -0.25) is 4.79 Å². The second-order valence-corrected chi connectivity index (χ2v) is 1.68. The predicted molar refractivity (Wildman–Crippen MR) is 37.8 cm³/mol. The molecule has 1 atom stereocenters. The molecule has 2 heteroatoms. The van der Waals surface area contributed by atoms with Crippen LogP contribution in [0.15, 0.2) is 0 Å². The van der Waals surface area contributed by atoms with Crippen LogP contribution < -0.4 is 0 Å². The van der Waals surface area contributed by atoms with E-state index < -0.39 is 12.1 Å². The van der Waals surface area contributed by atoms with Gasteiger partial charge in [0.05, 0.1) is 0 Å². The van der Waals surface area contributed by atoms with Crippen LogP contribution in [0, 0.1) is 24.7 Å². The summed E-state index contributed by atoms with van der Waals surface area (Å²) in [5.41, 5.74) is 0. The Morgan fingerprint density at radius 1 is 1.70 bits per heavy atom. The first-order valence-electron chi connectivity index (χ1n) is 2.79. The predicted octanol–water partition coefficient (Wildman–Crippen LogP) is 0.575. The highest BCUT2D eigenvalue weighted by Crippen LogP contribution is 1.91. The van der Waals surface area contributed by atoms with Crippen molar-refractivity contribution in [2.24, 2.45) is 0 Å². The lowest BCUT2D eigenvalue weighted by atomic mass is 10.4. The molecule has 0 rings (SSSR count). The van der Waals surface area contributed by atoms with E-state index in [2.05, 4.69) is 16.6 Å². The molecule has 0 aliphatic heterocycles. The van der Waals surface area contributed by atoms with E-state index in [9.17, 15) is 4.79 Å². The minimum absolute atomic E-state index is 0.0218. The molecular formula is C8H8O2. The van der Waals surface area contributed by atoms with E-state index in [1.165, 1.54) is 0 Å². The van der Waals surface area contributed by atoms with Crippen molar-refractivity contribution in [2.45, 2.75) is 19.4 Å². The zero-order valence-electron chi connectivity index (χ0n) is 5.76. The molecule has 2 nitrogen and oxygen atoms in total. The maximum Gasteiger partial charge on any atom is 0.319 e. The van der Waals surface area contributed by atoms with Crippen molar-refractivity contribution < 1.29 is 9.53 Å². The molecule has 0 aromatic rings. The Bertz CT molecular complexity index is 192. The minimum Gasteiger partial charge on any atom is -0.449 e. The molecule has 52 valence electrons. The maximum absolute atomic E-state index is 10.6. The summed E-state index contributed by atoms with van der Waals surface area (Å²) in [5, 5.41) is 0. The molecule has 0 aromatic heterocycles. The van der Waals surface area contributed by atoms with Gasteiger partial charge in [0.2, 0.25) is 0 Å². The highest BCUT2D eigenvalue weighted by molar-refractivity contribution is 5.72. The van der Waals surface area contributed by atoms with Gasteiger partial charge >= 0.3 is 5.97 Å². The SMILES string of the molecule is C#CCC(=O)OC(C)C#C. The second-order valence-electron chi connectivity index (χ2n) is 1.68. The summed E-state index contributed by atoms with van der Waals surface area (Å²) in [5.74, 6) is 3.95. The normalized spacial score (nSPS) is 10.7. The Labute approximate surface area is 60.6 Å². The average Bonchev–Trinajstić information content (AvgIpc) is 1.88. The molecule has 0 aliphatic carbocycles. The van der Waals surface area contributed by atoms with Crippen molar-refractivity contribution >= 4 is 5.97 Å². The van der Waals surface area contributed by atoms with Gasteiger partial charge in [-0.2, -0.15) is 0 Å². The zero-order valence-corrected chi connectivity index (χ0v) is 5.76. The third kappa shape index (κ3) is 3.57. The van der Waals surface area contributed by atoms with Gasteiger partial charge in [0.1, 0.15) is 6.42 Å². The van der Waals surface area contributed by atoms with Gasteiger partial charge in [-0.15, -0.1) is 12.8 Å². The maximum atomic E-state index is 10.6. The lowest BCUT2D eigenvalue weighted by Gasteiger charge is -2.03. The van der Waals surface area contributed by atoms with Crippen LogP contribution in [0.1, 0.15) is 13.3 Å². The molecule has 10 heavy (non-hydrogen) atoms. The fourth-order valence-corrected chi connectivity index (χ4v) is 0.356. The van der Waals surface area contributed by atoms with Crippen molar-refractivity contribution in [2.75, 3.05) is 0 Å². The topological polar surface area (TPSA) is 26.3 Å². The van der Waals surface area contributed by atoms with Crippen LogP contribution in [0.25, 0.3) is 0 Å². The summed E-state index contributed by atoms with van der Waals surface area (Å²) in [6.07, 6.45) is 9.27. The Morgan fingerprint density at radius 2 is 2.30 bits per heavy atom. The molecular weight excluding hydrogens is 128 g/mol. The van der Waals surface area contributed by atoms with Crippen LogP contribution >= 0.6 is 0 Å². The minimum atomic E-state index is -0.485. The van der Waals surface area contributed by atoms with Gasteiger partial charge < -0.3 is 4.74 Å². The molecule has 0 aliphatic rings. The smallest absolute Gasteiger partial charge is 0.319 e. The van der Waals surface area contributed by atoms with E-state index in [-0.39, 0.29) is 6.42 Å². The van der Waals surface area contributed by atoms with E-state index >= 15 is 0 Å². The van der Waals surface area contributed by atoms with Crippen LogP contribution in [0.2, 0.25) is 0 Å². The Balaban J connectivity index is 3.63. The lowest BCUT2D eigenvalue weighted by Crippen LogP contribution is -2.11. The van der Waals surface area contributed by atoms with Crippen molar-refractivity contribution in [1.29, 1.82) is 0 Å². The average molecular weight is 136 g/mol. The van der Waals surface area contributed by atoms with E-state index in [1.54, 1.807) is 6.92 Å². The van der Waals surface area contributed by atoms with Gasteiger partial charge in [-0.1, -0.05) is 11.8 Å². The van der Waals surface area contributed by atoms with E-state index in [4.69, 9.17) is 12.8 Å². The Hall–Kier alpha value is -1.41. The molecule has 0 spiro atoms. The summed E-state index contributed by atoms with van der Waals surface area (Å²) in [6, 6.07) is 0. The fraction of sp³-hybridized carbons (Fsp3) is 0.375. The number of hydrogen-bond acceptors (Lipinski definition) is 2. The molecule has 0 fully saturated rings. The van der Waals surface area contributed by atoms with Crippen molar-refractivity contribution in [3.63, 3.8) is 0 Å². The summed E-state index contributed by atoms with van der Waals surface area (Å²) in [4.78, 5) is 10.6. The first kappa shape index (κ1) is 8.59. The summed E-state index contributed by atoms with van der Waals surface area (Å²) >= 11 is 0. The summed E-state index contributed by atoms with van der Waals surface area (Å²) in [7, 11) is 0. The summed E-state index contributed by atoms with van der Waals surface area (Å²) < 4.78 is 4.62. The van der Waals surface area contributed by atoms with Crippen LogP contribution in [0.4, 0.5) is 0 Å². The Kier molecular flexibility index (Phi) is 3.84. The summed E-state index contributed by atoms with van der Waals surface area (Å²) in [6.45, 7) is 1.61. The molecule has 0 radical (unpaired) electrons. The van der Waals surface area contributed by atoms with Gasteiger partial charge in [-0.05, 0) is 6.92 Å². The standard InChI is InChI=1S/C8H8O2/c1-4-6-8(9)10-7(3)5-2/h1-2,7H,6H2,3H3. The first-order valence-corrected chi connectivity index (χ1v) is 2.79. The number of terminal acetylenes is 2. The number of carbonyl (C=O) groups excluding carboxylic acids is 1. The lowest BCUT2D eigenvalue weighted by molar-refractivity contribution is -0.144. The highest BCUT2D eigenvalue weighted by Gasteiger charge is 2.03. The van der Waals surface area contributed by atoms with E-state index in [0.29, 0.717) is 0 Å². The van der Waals surface area contributed by atoms with Crippen LogP contribution in [0.3, 0.4) is 0 Å². The molecule has 0 heterocycles. The van der Waals surface area contributed by atoms with Gasteiger partial charge in [-0.25, -0.2) is 0 Å². The number of hydrogen-bond donors (Lipinski definition) is 0. The first-order chi connectivity index (χ1) is 4.70. The fourth-order valence-electron chi connectivity index (χ4n) is 0.356. The molecule has 0 saturated carbocycles. The molecule has 0 saturated heterocycles. The molecule has 0 bridgehead atoms. The molecule has 0 N–H and O–H groups in total. The third-order valence-electron chi connectivity index (χ3n) is 0.789. The van der Waals surface area contributed by atoms with Crippen LogP contribution in [0.5, 0.6) is 0 Å². The third-order valence-corrected chi connectivity index (χ3v) is 0.789. The van der Waals surface area contributed by atoms with Gasteiger partial charge in [0.25, 0.3) is 0 Å². The number of rotatable bonds is 2. The molecule has 0 aromatic carbocycles. The highest BCUT2D eigenvalue weighted by atomic mass is 16.5. The van der Waals surface area contributed by atoms with E-state index in [0.717, 1.165) is 0 Å². The number of carbonyl (C=O) groups is 1. The van der Waals surface area contributed by atoms with Gasteiger partial charge in [0, 0.05) is 0 Å². The Morgan fingerprint density at radius 3 is 2.70 bits per heavy atom. The number of esters is 1. The quantitative estimate of drug-likeness (QED) is 0.410. The monoisotopic (exact) mass is 136 g/mol. The zero-order chi connectivity index (χ0) is 7.98. The molecule has 1 unspecified atom stereocenters. The molecule has 0 amide bonds. The van der Waals surface area contributed by atoms with E-state index in [1.807, 2.05) is 0 Å². The largest absolute Gasteiger partial charge is 0.449 e. The second kappa shape index (κ2) is 4.47. The van der Waals surface area contributed by atoms with Crippen molar-refractivity contribution in [3.8, 4) is 24.7 Å². The number of ether oxygens (including phenoxy) is 1. The van der Waals surface area contributed by atoms with Crippen molar-refractivity contribution in [1.82, 2.24) is 0 Å². The van der Waals surface area contributed by atoms with Gasteiger partial charge in [0.15, 0.2) is 6.10 Å². The van der Waals surface area contributed by atoms with Crippen LogP contribution in [-0.4, -0.2) is 12.1 Å².